The quantitative estimate of drug-likeness (QED) is 0.910. The lowest BCUT2D eigenvalue weighted by Gasteiger charge is -2.31. The minimum Gasteiger partial charge on any atom is -0.317 e. The largest absolute Gasteiger partial charge is 0.416 e. The van der Waals surface area contributed by atoms with E-state index in [0.29, 0.717) is 6.04 Å². The van der Waals surface area contributed by atoms with Gasteiger partial charge in [-0.25, -0.2) is 0 Å². The highest BCUT2D eigenvalue weighted by Crippen LogP contribution is 2.29. The first kappa shape index (κ1) is 14.3. The van der Waals surface area contributed by atoms with E-state index in [-0.39, 0.29) is 0 Å². The molecule has 1 fully saturated rings. The molecule has 1 N–H and O–H groups in total. The number of piperidine rings is 1. The van der Waals surface area contributed by atoms with Crippen LogP contribution in [0.4, 0.5) is 13.2 Å². The fraction of sp³-hybridized carbons (Fsp3) is 0.571. The summed E-state index contributed by atoms with van der Waals surface area (Å²) in [5.74, 6) is 0. The van der Waals surface area contributed by atoms with E-state index in [9.17, 15) is 13.2 Å². The van der Waals surface area contributed by atoms with Crippen molar-refractivity contribution < 1.29 is 13.2 Å². The van der Waals surface area contributed by atoms with Crippen LogP contribution in [0.25, 0.3) is 0 Å². The van der Waals surface area contributed by atoms with E-state index in [1.807, 2.05) is 7.05 Å². The molecule has 1 heterocycles. The Labute approximate surface area is 111 Å². The van der Waals surface area contributed by atoms with Gasteiger partial charge in [0, 0.05) is 12.6 Å². The Morgan fingerprint density at radius 1 is 1.16 bits per heavy atom. The first-order valence-electron chi connectivity index (χ1n) is 6.55. The molecule has 0 atom stereocenters. The van der Waals surface area contributed by atoms with Crippen LogP contribution in [-0.4, -0.2) is 31.1 Å². The number of benzene rings is 1. The van der Waals surface area contributed by atoms with Gasteiger partial charge in [0.15, 0.2) is 0 Å². The molecule has 0 radical (unpaired) electrons. The Morgan fingerprint density at radius 2 is 1.74 bits per heavy atom. The van der Waals surface area contributed by atoms with Gasteiger partial charge in [-0.15, -0.1) is 0 Å². The van der Waals surface area contributed by atoms with E-state index in [0.717, 1.165) is 50.2 Å². The van der Waals surface area contributed by atoms with Gasteiger partial charge in [0.25, 0.3) is 0 Å². The zero-order valence-corrected chi connectivity index (χ0v) is 11.0. The van der Waals surface area contributed by atoms with E-state index in [2.05, 4.69) is 10.2 Å². The Kier molecular flexibility index (Phi) is 4.47. The van der Waals surface area contributed by atoms with Crippen LogP contribution in [0.15, 0.2) is 24.3 Å². The molecule has 1 aliphatic rings. The van der Waals surface area contributed by atoms with E-state index in [4.69, 9.17) is 0 Å². The highest BCUT2D eigenvalue weighted by Gasteiger charge is 2.30. The molecule has 1 aromatic carbocycles. The summed E-state index contributed by atoms with van der Waals surface area (Å²) >= 11 is 0. The van der Waals surface area contributed by atoms with Crippen LogP contribution in [0.5, 0.6) is 0 Å². The molecule has 0 amide bonds. The van der Waals surface area contributed by atoms with Crippen LogP contribution >= 0.6 is 0 Å². The smallest absolute Gasteiger partial charge is 0.317 e. The lowest BCUT2D eigenvalue weighted by molar-refractivity contribution is -0.137. The normalized spacial score (nSPS) is 18.7. The molecule has 5 heteroatoms. The SMILES string of the molecule is CNC1CCN(Cc2ccc(C(F)(F)F)cc2)CC1. The van der Waals surface area contributed by atoms with Crippen LogP contribution in [0.2, 0.25) is 0 Å². The van der Waals surface area contributed by atoms with Crippen LogP contribution in [0.1, 0.15) is 24.0 Å². The van der Waals surface area contributed by atoms with Gasteiger partial charge in [-0.2, -0.15) is 13.2 Å². The zero-order chi connectivity index (χ0) is 13.9. The molecule has 19 heavy (non-hydrogen) atoms. The molecule has 0 unspecified atom stereocenters. The van der Waals surface area contributed by atoms with Crippen LogP contribution < -0.4 is 5.32 Å². The number of halogens is 3. The minimum absolute atomic E-state index is 0.573. The maximum absolute atomic E-state index is 12.4. The van der Waals surface area contributed by atoms with Crippen LogP contribution in [0.3, 0.4) is 0 Å². The summed E-state index contributed by atoms with van der Waals surface area (Å²) in [5.41, 5.74) is 0.362. The topological polar surface area (TPSA) is 15.3 Å². The van der Waals surface area contributed by atoms with Gasteiger partial charge in [0.2, 0.25) is 0 Å². The third-order valence-corrected chi connectivity index (χ3v) is 3.68. The lowest BCUT2D eigenvalue weighted by atomic mass is 10.0. The molecule has 106 valence electrons. The summed E-state index contributed by atoms with van der Waals surface area (Å²) in [5, 5.41) is 3.26. The monoisotopic (exact) mass is 272 g/mol. The van der Waals surface area contributed by atoms with Crippen molar-refractivity contribution in [1.82, 2.24) is 10.2 Å². The highest BCUT2D eigenvalue weighted by atomic mass is 19.4. The second-order valence-electron chi connectivity index (χ2n) is 5.03. The van der Waals surface area contributed by atoms with Gasteiger partial charge >= 0.3 is 6.18 Å². The predicted octanol–water partition coefficient (Wildman–Crippen LogP) is 2.89. The van der Waals surface area contributed by atoms with Crippen molar-refractivity contribution in [2.24, 2.45) is 0 Å². The fourth-order valence-corrected chi connectivity index (χ4v) is 2.44. The van der Waals surface area contributed by atoms with Crippen molar-refractivity contribution in [3.63, 3.8) is 0 Å². The molecule has 2 nitrogen and oxygen atoms in total. The van der Waals surface area contributed by atoms with Crippen molar-refractivity contribution in [2.45, 2.75) is 31.6 Å². The third-order valence-electron chi connectivity index (χ3n) is 3.68. The number of nitrogens with one attached hydrogen (secondary N) is 1. The molecule has 0 aliphatic carbocycles. The Morgan fingerprint density at radius 3 is 2.21 bits per heavy atom. The maximum atomic E-state index is 12.4. The Balaban J connectivity index is 1.90. The van der Waals surface area contributed by atoms with E-state index in [1.54, 1.807) is 12.1 Å². The number of rotatable bonds is 3. The first-order chi connectivity index (χ1) is 8.99. The number of hydrogen-bond donors (Lipinski definition) is 1. The number of hydrogen-bond acceptors (Lipinski definition) is 2. The molecular formula is C14H19F3N2. The minimum atomic E-state index is -4.25. The summed E-state index contributed by atoms with van der Waals surface area (Å²) in [7, 11) is 1.97. The molecule has 0 spiro atoms. The average Bonchev–Trinajstić information content (AvgIpc) is 2.39. The number of nitrogens with zero attached hydrogens (tertiary/aromatic N) is 1. The predicted molar refractivity (Wildman–Crippen MR) is 68.8 cm³/mol. The van der Waals surface area contributed by atoms with Crippen molar-refractivity contribution in [3.8, 4) is 0 Å². The summed E-state index contributed by atoms with van der Waals surface area (Å²) in [4.78, 5) is 2.29. The molecule has 0 aromatic heterocycles. The van der Waals surface area contributed by atoms with Crippen LogP contribution in [0, 0.1) is 0 Å². The van der Waals surface area contributed by atoms with Crippen molar-refractivity contribution in [3.05, 3.63) is 35.4 Å². The van der Waals surface area contributed by atoms with Gasteiger partial charge in [-0.3, -0.25) is 4.90 Å². The van der Waals surface area contributed by atoms with E-state index in [1.165, 1.54) is 0 Å². The second-order valence-corrected chi connectivity index (χ2v) is 5.03. The third kappa shape index (κ3) is 3.94. The number of likely N-dealkylation sites (tertiary alicyclic amines) is 1. The summed E-state index contributed by atoms with van der Waals surface area (Å²) in [6, 6.07) is 6.05. The molecule has 0 bridgehead atoms. The molecular weight excluding hydrogens is 253 g/mol. The van der Waals surface area contributed by atoms with E-state index >= 15 is 0 Å². The zero-order valence-electron chi connectivity index (χ0n) is 11.0. The van der Waals surface area contributed by atoms with Gasteiger partial charge in [-0.1, -0.05) is 12.1 Å². The van der Waals surface area contributed by atoms with Gasteiger partial charge in [0.1, 0.15) is 0 Å². The van der Waals surface area contributed by atoms with E-state index < -0.39 is 11.7 Å². The van der Waals surface area contributed by atoms with Gasteiger partial charge in [0.05, 0.1) is 5.56 Å². The van der Waals surface area contributed by atoms with Crippen LogP contribution in [-0.2, 0) is 12.7 Å². The van der Waals surface area contributed by atoms with Crippen molar-refractivity contribution in [2.75, 3.05) is 20.1 Å². The molecule has 1 saturated heterocycles. The fourth-order valence-electron chi connectivity index (χ4n) is 2.44. The highest BCUT2D eigenvalue weighted by molar-refractivity contribution is 5.24. The second kappa shape index (κ2) is 5.92. The number of alkyl halides is 3. The van der Waals surface area contributed by atoms with Gasteiger partial charge < -0.3 is 5.32 Å². The Bertz CT molecular complexity index is 392. The Hall–Kier alpha value is -1.07. The van der Waals surface area contributed by atoms with Crippen molar-refractivity contribution in [1.29, 1.82) is 0 Å². The molecule has 0 saturated carbocycles. The summed E-state index contributed by atoms with van der Waals surface area (Å²) < 4.78 is 37.3. The van der Waals surface area contributed by atoms with Gasteiger partial charge in [-0.05, 0) is 50.7 Å². The summed E-state index contributed by atoms with van der Waals surface area (Å²) in [6.07, 6.45) is -2.06. The molecule has 1 aliphatic heterocycles. The van der Waals surface area contributed by atoms with Crippen molar-refractivity contribution >= 4 is 0 Å². The standard InChI is InChI=1S/C14H19F3N2/c1-18-13-6-8-19(9-7-13)10-11-2-4-12(5-3-11)14(15,16)17/h2-5,13,18H,6-10H2,1H3. The maximum Gasteiger partial charge on any atom is 0.416 e. The first-order valence-corrected chi connectivity index (χ1v) is 6.55. The molecule has 2 rings (SSSR count). The lowest BCUT2D eigenvalue weighted by Crippen LogP contribution is -2.40. The molecule has 1 aromatic rings. The average molecular weight is 272 g/mol. The summed E-state index contributed by atoms with van der Waals surface area (Å²) in [6.45, 7) is 2.72.